The Kier molecular flexibility index (Phi) is 8.15. The van der Waals surface area contributed by atoms with Gasteiger partial charge in [0.05, 0.1) is 0 Å². The molecule has 3 amide bonds. The zero-order valence-electron chi connectivity index (χ0n) is 11.3. The molecule has 0 aromatic rings. The minimum atomic E-state index is -0.823. The summed E-state index contributed by atoms with van der Waals surface area (Å²) in [7, 11) is 0. The molecule has 7 nitrogen and oxygen atoms in total. The van der Waals surface area contributed by atoms with Crippen molar-refractivity contribution in [3.8, 4) is 0 Å². The average molecular weight is 272 g/mol. The van der Waals surface area contributed by atoms with Gasteiger partial charge in [0.2, 0.25) is 17.7 Å². The van der Waals surface area contributed by atoms with Gasteiger partial charge in [-0.05, 0) is 12.8 Å². The SMILES string of the molecule is CC(=O)N(NC(=O)CCCCCCC(=O)O)C(C)=O. The number of carboxylic acid groups (broad SMARTS) is 1. The number of hydrogen-bond donors (Lipinski definition) is 2. The molecule has 0 heterocycles. The van der Waals surface area contributed by atoms with Crippen molar-refractivity contribution in [1.82, 2.24) is 10.4 Å². The van der Waals surface area contributed by atoms with E-state index in [-0.39, 0.29) is 12.8 Å². The van der Waals surface area contributed by atoms with Crippen molar-refractivity contribution >= 4 is 23.7 Å². The van der Waals surface area contributed by atoms with Gasteiger partial charge in [0, 0.05) is 26.7 Å². The summed E-state index contributed by atoms with van der Waals surface area (Å²) in [5.41, 5.74) is 2.23. The Morgan fingerprint density at radius 2 is 1.37 bits per heavy atom. The lowest BCUT2D eigenvalue weighted by atomic mass is 10.1. The van der Waals surface area contributed by atoms with Crippen LogP contribution in [0, 0.1) is 0 Å². The molecule has 0 aliphatic rings. The second-order valence-corrected chi connectivity index (χ2v) is 4.22. The molecule has 0 saturated carbocycles. The number of nitrogens with one attached hydrogen (secondary N) is 1. The first-order valence-corrected chi connectivity index (χ1v) is 6.17. The van der Waals surface area contributed by atoms with Crippen molar-refractivity contribution in [1.29, 1.82) is 0 Å². The van der Waals surface area contributed by atoms with E-state index in [4.69, 9.17) is 5.11 Å². The molecule has 19 heavy (non-hydrogen) atoms. The van der Waals surface area contributed by atoms with Gasteiger partial charge >= 0.3 is 5.97 Å². The lowest BCUT2D eigenvalue weighted by molar-refractivity contribution is -0.151. The highest BCUT2D eigenvalue weighted by Crippen LogP contribution is 2.05. The third-order valence-corrected chi connectivity index (χ3v) is 2.41. The summed E-state index contributed by atoms with van der Waals surface area (Å²) in [6.45, 7) is 2.38. The van der Waals surface area contributed by atoms with Crippen molar-refractivity contribution in [3.05, 3.63) is 0 Å². The van der Waals surface area contributed by atoms with Crippen LogP contribution >= 0.6 is 0 Å². The number of carbonyl (C=O) groups is 4. The minimum Gasteiger partial charge on any atom is -0.481 e. The first-order valence-electron chi connectivity index (χ1n) is 6.17. The van der Waals surface area contributed by atoms with Gasteiger partial charge in [-0.15, -0.1) is 0 Å². The average Bonchev–Trinajstić information content (AvgIpc) is 2.29. The van der Waals surface area contributed by atoms with Gasteiger partial charge in [-0.25, -0.2) is 0 Å². The van der Waals surface area contributed by atoms with Gasteiger partial charge in [0.25, 0.3) is 0 Å². The molecule has 0 bridgehead atoms. The summed E-state index contributed by atoms with van der Waals surface area (Å²) in [4.78, 5) is 43.8. The molecule has 2 N–H and O–H groups in total. The lowest BCUT2D eigenvalue weighted by Gasteiger charge is -2.17. The molecule has 0 aliphatic heterocycles. The number of amides is 3. The maximum Gasteiger partial charge on any atom is 0.303 e. The molecule has 0 aromatic heterocycles. The fourth-order valence-electron chi connectivity index (χ4n) is 1.48. The van der Waals surface area contributed by atoms with Crippen molar-refractivity contribution in [2.45, 2.75) is 52.4 Å². The Hall–Kier alpha value is -1.92. The highest BCUT2D eigenvalue weighted by atomic mass is 16.4. The maximum atomic E-state index is 11.5. The van der Waals surface area contributed by atoms with Crippen molar-refractivity contribution in [2.75, 3.05) is 0 Å². The Balaban J connectivity index is 3.77. The monoisotopic (exact) mass is 272 g/mol. The van der Waals surface area contributed by atoms with Crippen molar-refractivity contribution in [2.24, 2.45) is 0 Å². The first kappa shape index (κ1) is 17.1. The number of unbranched alkanes of at least 4 members (excludes halogenated alkanes) is 3. The standard InChI is InChI=1S/C12H20N2O5/c1-9(15)14(10(2)16)13-11(17)7-5-3-4-6-8-12(18)19/h3-8H2,1-2H3,(H,13,17)(H,18,19). The summed E-state index contributed by atoms with van der Waals surface area (Å²) in [5, 5.41) is 9.10. The second-order valence-electron chi connectivity index (χ2n) is 4.22. The van der Waals surface area contributed by atoms with E-state index >= 15 is 0 Å². The normalized spacial score (nSPS) is 9.79. The van der Waals surface area contributed by atoms with Crippen LogP contribution in [0.2, 0.25) is 0 Å². The van der Waals surface area contributed by atoms with E-state index in [9.17, 15) is 19.2 Å². The van der Waals surface area contributed by atoms with Crippen molar-refractivity contribution in [3.63, 3.8) is 0 Å². The quantitative estimate of drug-likeness (QED) is 0.528. The maximum absolute atomic E-state index is 11.5. The molecule has 0 spiro atoms. The molecule has 0 aliphatic carbocycles. The zero-order valence-corrected chi connectivity index (χ0v) is 11.3. The molecule has 0 rings (SSSR count). The van der Waals surface area contributed by atoms with E-state index in [0.29, 0.717) is 17.9 Å². The number of hydrogen-bond acceptors (Lipinski definition) is 4. The van der Waals surface area contributed by atoms with E-state index in [0.717, 1.165) is 12.8 Å². The van der Waals surface area contributed by atoms with Crippen LogP contribution in [-0.4, -0.2) is 33.8 Å². The summed E-state index contributed by atoms with van der Waals surface area (Å²) < 4.78 is 0. The van der Waals surface area contributed by atoms with Gasteiger partial charge < -0.3 is 5.11 Å². The van der Waals surface area contributed by atoms with Crippen molar-refractivity contribution < 1.29 is 24.3 Å². The third kappa shape index (κ3) is 8.76. The number of rotatable bonds is 7. The number of imide groups is 1. The lowest BCUT2D eigenvalue weighted by Crippen LogP contribution is -2.47. The molecular formula is C12H20N2O5. The second kappa shape index (κ2) is 9.07. The molecule has 0 fully saturated rings. The van der Waals surface area contributed by atoms with Crippen LogP contribution in [0.5, 0.6) is 0 Å². The topological polar surface area (TPSA) is 104 Å². The molecule has 0 aromatic carbocycles. The highest BCUT2D eigenvalue weighted by molar-refractivity contribution is 5.95. The fraction of sp³-hybridized carbons (Fsp3) is 0.667. The van der Waals surface area contributed by atoms with Crippen LogP contribution in [0.15, 0.2) is 0 Å². The van der Waals surface area contributed by atoms with Gasteiger partial charge in [-0.3, -0.25) is 24.6 Å². The Morgan fingerprint density at radius 1 is 0.895 bits per heavy atom. The Bertz CT molecular complexity index is 340. The van der Waals surface area contributed by atoms with Crippen LogP contribution in [0.1, 0.15) is 52.4 Å². The van der Waals surface area contributed by atoms with E-state index in [1.807, 2.05) is 0 Å². The molecule has 108 valence electrons. The summed E-state index contributed by atoms with van der Waals surface area (Å²) in [6.07, 6.45) is 2.99. The molecule has 0 radical (unpaired) electrons. The largest absolute Gasteiger partial charge is 0.481 e. The van der Waals surface area contributed by atoms with Crippen LogP contribution < -0.4 is 5.43 Å². The highest BCUT2D eigenvalue weighted by Gasteiger charge is 2.15. The van der Waals surface area contributed by atoms with Crippen LogP contribution in [0.25, 0.3) is 0 Å². The summed E-state index contributed by atoms with van der Waals surface area (Å²) in [5.74, 6) is -2.30. The summed E-state index contributed by atoms with van der Waals surface area (Å²) in [6, 6.07) is 0. The predicted octanol–water partition coefficient (Wildman–Crippen LogP) is 0.838. The van der Waals surface area contributed by atoms with Crippen LogP contribution in [0.3, 0.4) is 0 Å². The number of carboxylic acids is 1. The first-order chi connectivity index (χ1) is 8.84. The summed E-state index contributed by atoms with van der Waals surface area (Å²) >= 11 is 0. The van der Waals surface area contributed by atoms with E-state index in [1.165, 1.54) is 13.8 Å². The molecule has 0 unspecified atom stereocenters. The molecule has 0 atom stereocenters. The molecular weight excluding hydrogens is 252 g/mol. The molecule has 0 saturated heterocycles. The molecule has 7 heteroatoms. The van der Waals surface area contributed by atoms with Crippen LogP contribution in [0.4, 0.5) is 0 Å². The Morgan fingerprint density at radius 3 is 1.79 bits per heavy atom. The Labute approximate surface area is 111 Å². The number of carbonyl (C=O) groups excluding carboxylic acids is 3. The van der Waals surface area contributed by atoms with Gasteiger partial charge in [0.15, 0.2) is 0 Å². The van der Waals surface area contributed by atoms with Crippen LogP contribution in [-0.2, 0) is 19.2 Å². The van der Waals surface area contributed by atoms with Gasteiger partial charge in [-0.2, -0.15) is 5.01 Å². The number of hydrazine groups is 1. The predicted molar refractivity (Wildman–Crippen MR) is 66.7 cm³/mol. The van der Waals surface area contributed by atoms with Gasteiger partial charge in [-0.1, -0.05) is 12.8 Å². The third-order valence-electron chi connectivity index (χ3n) is 2.41. The fourth-order valence-corrected chi connectivity index (χ4v) is 1.48. The zero-order chi connectivity index (χ0) is 14.8. The smallest absolute Gasteiger partial charge is 0.303 e. The van der Waals surface area contributed by atoms with E-state index < -0.39 is 23.7 Å². The van der Waals surface area contributed by atoms with E-state index in [2.05, 4.69) is 5.43 Å². The number of aliphatic carboxylic acids is 1. The minimum absolute atomic E-state index is 0.134. The number of nitrogens with zero attached hydrogens (tertiary/aromatic N) is 1. The van der Waals surface area contributed by atoms with E-state index in [1.54, 1.807) is 0 Å². The van der Waals surface area contributed by atoms with Gasteiger partial charge in [0.1, 0.15) is 0 Å².